The van der Waals surface area contributed by atoms with Crippen molar-refractivity contribution >= 4 is 35.0 Å². The van der Waals surface area contributed by atoms with Crippen LogP contribution in [0.2, 0.25) is 0 Å². The van der Waals surface area contributed by atoms with Crippen LogP contribution in [-0.4, -0.2) is 22.7 Å². The van der Waals surface area contributed by atoms with Gasteiger partial charge in [0.2, 0.25) is 0 Å². The number of unbranched alkanes of at least 4 members (excludes halogenated alkanes) is 2. The van der Waals surface area contributed by atoms with Crippen molar-refractivity contribution in [3.63, 3.8) is 0 Å². The van der Waals surface area contributed by atoms with Crippen LogP contribution >= 0.6 is 23.1 Å². The third-order valence-electron chi connectivity index (χ3n) is 1.99. The molecule has 0 unspecified atom stereocenters. The van der Waals surface area contributed by atoms with Crippen LogP contribution in [0.1, 0.15) is 36.2 Å². The summed E-state index contributed by atoms with van der Waals surface area (Å²) in [6.07, 6.45) is 2.30. The molecule has 0 aromatic carbocycles. The molecule has 1 rings (SSSR count). The molecule has 9 heteroatoms. The van der Waals surface area contributed by atoms with Gasteiger partial charge >= 0.3 is 59.1 Å². The summed E-state index contributed by atoms with van der Waals surface area (Å²) in [6, 6.07) is 0. The Morgan fingerprint density at radius 2 is 1.89 bits per heavy atom. The fraction of sp³-hybridized carbons (Fsp3) is 0.500. The molecule has 0 aliphatic rings. The zero-order chi connectivity index (χ0) is 12.7. The Labute approximate surface area is 164 Å². The van der Waals surface area contributed by atoms with Gasteiger partial charge in [0.25, 0.3) is 0 Å². The van der Waals surface area contributed by atoms with E-state index in [4.69, 9.17) is 0 Å². The Morgan fingerprint density at radius 1 is 1.21 bits per heavy atom. The number of carbonyl (C=O) groups excluding carboxylic acids is 2. The molecule has 0 spiro atoms. The van der Waals surface area contributed by atoms with E-state index in [9.17, 15) is 19.8 Å². The maximum atomic E-state index is 10.6. The number of carboxylic acids is 2. The summed E-state index contributed by atoms with van der Waals surface area (Å²) in [4.78, 5) is 24.5. The molecule has 1 aromatic heterocycles. The second-order valence-corrected chi connectivity index (χ2v) is 5.53. The van der Waals surface area contributed by atoms with Crippen LogP contribution in [-0.2, 0) is 4.79 Å². The number of carboxylic acid groups (broad SMARTS) is 2. The largest absolute Gasteiger partial charge is 1.00 e. The standard InChI is InChI=1S/C10H13NO4S2.2Na/c12-7(13)4-2-1-3-5-16-10-8(9(14)15)11-6-17-10;;/h6H,1-5H2,(H,12,13)(H,14,15);;/q;2*+1/p-2. The molecule has 0 bridgehead atoms. The predicted molar refractivity (Wildman–Crippen MR) is 60.6 cm³/mol. The van der Waals surface area contributed by atoms with Gasteiger partial charge in [-0.05, 0) is 25.0 Å². The molecule has 0 fully saturated rings. The molecule has 0 radical (unpaired) electrons. The molecular weight excluding hydrogens is 308 g/mol. The summed E-state index contributed by atoms with van der Waals surface area (Å²) in [5.74, 6) is -1.54. The maximum Gasteiger partial charge on any atom is 1.00 e. The predicted octanol–water partition coefficient (Wildman–Crippen LogP) is -6.08. The molecule has 0 amide bonds. The molecule has 0 aliphatic heterocycles. The summed E-state index contributed by atoms with van der Waals surface area (Å²) in [5.41, 5.74) is 1.47. The van der Waals surface area contributed by atoms with Crippen LogP contribution in [0.5, 0.6) is 0 Å². The van der Waals surface area contributed by atoms with Gasteiger partial charge in [0.05, 0.1) is 15.7 Å². The van der Waals surface area contributed by atoms with Crippen molar-refractivity contribution in [2.45, 2.75) is 29.9 Å². The third kappa shape index (κ3) is 9.47. The van der Waals surface area contributed by atoms with Gasteiger partial charge in [0.15, 0.2) is 0 Å². The minimum atomic E-state index is -1.26. The van der Waals surface area contributed by atoms with Gasteiger partial charge in [0.1, 0.15) is 5.69 Å². The smallest absolute Gasteiger partial charge is 0.550 e. The average molecular weight is 319 g/mol. The minimum absolute atomic E-state index is 0. The number of nitrogens with zero attached hydrogens (tertiary/aromatic N) is 1. The average Bonchev–Trinajstić information content (AvgIpc) is 2.71. The first-order valence-electron chi connectivity index (χ1n) is 5.08. The number of thioether (sulfide) groups is 1. The van der Waals surface area contributed by atoms with Crippen LogP contribution in [0.15, 0.2) is 9.72 Å². The molecule has 0 saturated heterocycles. The Bertz CT molecular complexity index is 401. The van der Waals surface area contributed by atoms with E-state index in [1.54, 1.807) is 0 Å². The topological polar surface area (TPSA) is 93.2 Å². The minimum Gasteiger partial charge on any atom is -0.550 e. The number of carbonyl (C=O) groups is 2. The van der Waals surface area contributed by atoms with E-state index in [1.807, 2.05) is 0 Å². The second kappa shape index (κ2) is 12.6. The number of rotatable bonds is 8. The first-order chi connectivity index (χ1) is 8.11. The van der Waals surface area contributed by atoms with Gasteiger partial charge in [-0.1, -0.05) is 6.42 Å². The maximum absolute atomic E-state index is 10.6. The summed E-state index contributed by atoms with van der Waals surface area (Å²) < 4.78 is 0.643. The number of thiazole rings is 1. The molecule has 0 saturated carbocycles. The van der Waals surface area contributed by atoms with E-state index in [0.717, 1.165) is 18.6 Å². The van der Waals surface area contributed by atoms with Crippen molar-refractivity contribution in [2.75, 3.05) is 5.75 Å². The molecule has 19 heavy (non-hydrogen) atoms. The van der Waals surface area contributed by atoms with Crippen LogP contribution in [0, 0.1) is 0 Å². The molecule has 0 N–H and O–H groups in total. The zero-order valence-electron chi connectivity index (χ0n) is 11.0. The first-order valence-corrected chi connectivity index (χ1v) is 6.95. The van der Waals surface area contributed by atoms with E-state index < -0.39 is 11.9 Å². The Kier molecular flexibility index (Phi) is 14.8. The number of aromatic carboxylic acids is 1. The van der Waals surface area contributed by atoms with E-state index in [2.05, 4.69) is 4.98 Å². The molecule has 1 heterocycles. The zero-order valence-corrected chi connectivity index (χ0v) is 16.6. The fourth-order valence-electron chi connectivity index (χ4n) is 1.19. The van der Waals surface area contributed by atoms with Crippen LogP contribution < -0.4 is 69.3 Å². The van der Waals surface area contributed by atoms with Crippen molar-refractivity contribution in [2.24, 2.45) is 0 Å². The van der Waals surface area contributed by atoms with Crippen LogP contribution in [0.4, 0.5) is 0 Å². The van der Waals surface area contributed by atoms with E-state index in [0.29, 0.717) is 10.6 Å². The van der Waals surface area contributed by atoms with Gasteiger partial charge in [-0.2, -0.15) is 0 Å². The SMILES string of the molecule is O=C([O-])CCCCCSc1scnc1C(=O)[O-].[Na+].[Na+]. The first kappa shape index (κ1) is 22.2. The summed E-state index contributed by atoms with van der Waals surface area (Å²) in [5, 5.41) is 20.8. The molecule has 1 aromatic rings. The van der Waals surface area contributed by atoms with Crippen molar-refractivity contribution in [1.82, 2.24) is 4.98 Å². The Morgan fingerprint density at radius 3 is 2.47 bits per heavy atom. The van der Waals surface area contributed by atoms with Gasteiger partial charge in [-0.25, -0.2) is 4.98 Å². The second-order valence-electron chi connectivity index (χ2n) is 3.31. The Hall–Kier alpha value is 0.920. The number of hydrogen-bond donors (Lipinski definition) is 0. The van der Waals surface area contributed by atoms with E-state index in [-0.39, 0.29) is 71.2 Å². The van der Waals surface area contributed by atoms with E-state index in [1.165, 1.54) is 28.6 Å². The molecule has 94 valence electrons. The molecule has 0 atom stereocenters. The van der Waals surface area contributed by atoms with Crippen molar-refractivity contribution in [1.29, 1.82) is 0 Å². The Balaban J connectivity index is 0. The van der Waals surface area contributed by atoms with Gasteiger partial charge in [0, 0.05) is 5.97 Å². The number of aliphatic carboxylic acids is 1. The third-order valence-corrected chi connectivity index (χ3v) is 4.20. The van der Waals surface area contributed by atoms with Crippen molar-refractivity contribution < 1.29 is 78.9 Å². The normalized spacial score (nSPS) is 9.26. The monoisotopic (exact) mass is 319 g/mol. The van der Waals surface area contributed by atoms with E-state index >= 15 is 0 Å². The van der Waals surface area contributed by atoms with Gasteiger partial charge < -0.3 is 19.8 Å². The fourth-order valence-corrected chi connectivity index (χ4v) is 3.15. The number of hydrogen-bond acceptors (Lipinski definition) is 7. The molecule has 5 nitrogen and oxygen atoms in total. The van der Waals surface area contributed by atoms with Crippen LogP contribution in [0.3, 0.4) is 0 Å². The van der Waals surface area contributed by atoms with Crippen molar-refractivity contribution in [3.8, 4) is 0 Å². The van der Waals surface area contributed by atoms with Crippen LogP contribution in [0.25, 0.3) is 0 Å². The molecular formula is C10H11NNa2O4S2. The quantitative estimate of drug-likeness (QED) is 0.269. The summed E-state index contributed by atoms with van der Waals surface area (Å²) >= 11 is 2.69. The van der Waals surface area contributed by atoms with Gasteiger partial charge in [-0.15, -0.1) is 23.1 Å². The molecule has 0 aliphatic carbocycles. The summed E-state index contributed by atoms with van der Waals surface area (Å²) in [7, 11) is 0. The summed E-state index contributed by atoms with van der Waals surface area (Å²) in [6.45, 7) is 0. The van der Waals surface area contributed by atoms with Crippen molar-refractivity contribution in [3.05, 3.63) is 11.2 Å². The number of aromatic nitrogens is 1. The van der Waals surface area contributed by atoms with Gasteiger partial charge in [-0.3, -0.25) is 0 Å².